The summed E-state index contributed by atoms with van der Waals surface area (Å²) in [6, 6.07) is 9.75. The van der Waals surface area contributed by atoms with Crippen molar-refractivity contribution in [2.24, 2.45) is 11.8 Å². The van der Waals surface area contributed by atoms with Gasteiger partial charge in [-0.25, -0.2) is 0 Å². The second kappa shape index (κ2) is 5.69. The van der Waals surface area contributed by atoms with Crippen LogP contribution in [0, 0.1) is 11.8 Å². The standard InChI is InChI=1S/C18H21N3O/c22-18(14-3-4-17-13(10-14)2-1-7-20-17)21-8-5-15-11-19-12-16(15)6-9-21/h1-4,7,10,15-16,19H,5-6,8-9,11-12H2/t15-,16+. The van der Waals surface area contributed by atoms with E-state index in [2.05, 4.69) is 10.3 Å². The fourth-order valence-corrected chi connectivity index (χ4v) is 3.81. The summed E-state index contributed by atoms with van der Waals surface area (Å²) in [4.78, 5) is 19.2. The summed E-state index contributed by atoms with van der Waals surface area (Å²) in [6.45, 7) is 4.00. The normalized spacial score (nSPS) is 25.0. The lowest BCUT2D eigenvalue weighted by atomic mass is 9.92. The molecule has 2 atom stereocenters. The fourth-order valence-electron chi connectivity index (χ4n) is 3.81. The molecule has 0 radical (unpaired) electrons. The highest BCUT2D eigenvalue weighted by molar-refractivity contribution is 5.97. The van der Waals surface area contributed by atoms with Crippen LogP contribution in [0.3, 0.4) is 0 Å². The molecule has 22 heavy (non-hydrogen) atoms. The van der Waals surface area contributed by atoms with Crippen molar-refractivity contribution in [2.75, 3.05) is 26.2 Å². The van der Waals surface area contributed by atoms with E-state index in [1.807, 2.05) is 35.2 Å². The number of hydrogen-bond donors (Lipinski definition) is 1. The van der Waals surface area contributed by atoms with E-state index in [0.717, 1.165) is 67.3 Å². The Kier molecular flexibility index (Phi) is 3.54. The lowest BCUT2D eigenvalue weighted by Crippen LogP contribution is -2.32. The second-order valence-electron chi connectivity index (χ2n) is 6.46. The van der Waals surface area contributed by atoms with Gasteiger partial charge in [-0.2, -0.15) is 0 Å². The second-order valence-corrected chi connectivity index (χ2v) is 6.46. The summed E-state index contributed by atoms with van der Waals surface area (Å²) in [6.07, 6.45) is 4.03. The van der Waals surface area contributed by atoms with Gasteiger partial charge in [0.2, 0.25) is 0 Å². The van der Waals surface area contributed by atoms with Crippen molar-refractivity contribution in [1.82, 2.24) is 15.2 Å². The van der Waals surface area contributed by atoms with Crippen LogP contribution in [0.15, 0.2) is 36.5 Å². The number of aromatic nitrogens is 1. The number of rotatable bonds is 1. The Morgan fingerprint density at radius 3 is 2.68 bits per heavy atom. The first-order valence-electron chi connectivity index (χ1n) is 8.16. The average molecular weight is 295 g/mol. The van der Waals surface area contributed by atoms with Gasteiger partial charge in [-0.1, -0.05) is 6.07 Å². The summed E-state index contributed by atoms with van der Waals surface area (Å²) in [7, 11) is 0. The van der Waals surface area contributed by atoms with Crippen molar-refractivity contribution < 1.29 is 4.79 Å². The third-order valence-corrected chi connectivity index (χ3v) is 5.16. The lowest BCUT2D eigenvalue weighted by Gasteiger charge is -2.21. The molecule has 2 saturated heterocycles. The molecule has 2 aliphatic rings. The minimum Gasteiger partial charge on any atom is -0.339 e. The SMILES string of the molecule is O=C(c1ccc2ncccc2c1)N1CC[C@@H]2CNC[C@@H]2CC1. The van der Waals surface area contributed by atoms with E-state index in [9.17, 15) is 4.79 Å². The van der Waals surface area contributed by atoms with Crippen LogP contribution in [0.5, 0.6) is 0 Å². The van der Waals surface area contributed by atoms with Gasteiger partial charge in [0.05, 0.1) is 5.52 Å². The number of carbonyl (C=O) groups excluding carboxylic acids is 1. The fraction of sp³-hybridized carbons (Fsp3) is 0.444. The third kappa shape index (κ3) is 2.48. The summed E-state index contributed by atoms with van der Waals surface area (Å²) in [5.41, 5.74) is 1.72. The van der Waals surface area contributed by atoms with Crippen LogP contribution >= 0.6 is 0 Å². The van der Waals surface area contributed by atoms with Crippen LogP contribution < -0.4 is 5.32 Å². The highest BCUT2D eigenvalue weighted by atomic mass is 16.2. The van der Waals surface area contributed by atoms with Crippen LogP contribution in [0.25, 0.3) is 10.9 Å². The number of nitrogens with zero attached hydrogens (tertiary/aromatic N) is 2. The largest absolute Gasteiger partial charge is 0.339 e. The molecule has 4 heteroatoms. The van der Waals surface area contributed by atoms with Gasteiger partial charge >= 0.3 is 0 Å². The molecule has 1 amide bonds. The monoisotopic (exact) mass is 295 g/mol. The number of amides is 1. The maximum absolute atomic E-state index is 12.8. The van der Waals surface area contributed by atoms with Crippen molar-refractivity contribution in [3.05, 3.63) is 42.1 Å². The summed E-state index contributed by atoms with van der Waals surface area (Å²) < 4.78 is 0. The molecule has 2 fully saturated rings. The first-order valence-corrected chi connectivity index (χ1v) is 8.16. The van der Waals surface area contributed by atoms with E-state index in [1.165, 1.54) is 0 Å². The molecular formula is C18H21N3O. The maximum Gasteiger partial charge on any atom is 0.253 e. The molecule has 3 heterocycles. The molecule has 0 aliphatic carbocycles. The van der Waals surface area contributed by atoms with E-state index in [4.69, 9.17) is 0 Å². The number of pyridine rings is 1. The first-order chi connectivity index (χ1) is 10.8. The smallest absolute Gasteiger partial charge is 0.253 e. The number of likely N-dealkylation sites (tertiary alicyclic amines) is 1. The van der Waals surface area contributed by atoms with E-state index < -0.39 is 0 Å². The zero-order valence-corrected chi connectivity index (χ0v) is 12.7. The Labute approximate surface area is 130 Å². The van der Waals surface area contributed by atoms with E-state index in [1.54, 1.807) is 6.20 Å². The predicted molar refractivity (Wildman–Crippen MR) is 86.7 cm³/mol. The molecule has 1 N–H and O–H groups in total. The zero-order chi connectivity index (χ0) is 14.9. The molecule has 0 unspecified atom stereocenters. The highest BCUT2D eigenvalue weighted by Gasteiger charge is 2.31. The van der Waals surface area contributed by atoms with Crippen molar-refractivity contribution >= 4 is 16.8 Å². The minimum atomic E-state index is 0.165. The van der Waals surface area contributed by atoms with Gasteiger partial charge in [-0.05, 0) is 62.0 Å². The first kappa shape index (κ1) is 13.7. The Balaban J connectivity index is 1.54. The lowest BCUT2D eigenvalue weighted by molar-refractivity contribution is 0.0758. The van der Waals surface area contributed by atoms with Gasteiger partial charge in [0.15, 0.2) is 0 Å². The van der Waals surface area contributed by atoms with Crippen LogP contribution in [0.2, 0.25) is 0 Å². The van der Waals surface area contributed by atoms with Gasteiger partial charge in [-0.15, -0.1) is 0 Å². The molecule has 2 aromatic rings. The quantitative estimate of drug-likeness (QED) is 0.878. The number of hydrogen-bond acceptors (Lipinski definition) is 3. The van der Waals surface area contributed by atoms with Gasteiger partial charge in [0, 0.05) is 30.2 Å². The number of nitrogens with one attached hydrogen (secondary N) is 1. The van der Waals surface area contributed by atoms with Crippen molar-refractivity contribution in [3.8, 4) is 0 Å². The molecule has 4 nitrogen and oxygen atoms in total. The van der Waals surface area contributed by atoms with Gasteiger partial charge < -0.3 is 10.2 Å². The average Bonchev–Trinajstić information content (AvgIpc) is 2.92. The van der Waals surface area contributed by atoms with Gasteiger partial charge in [0.1, 0.15) is 0 Å². The van der Waals surface area contributed by atoms with Crippen LogP contribution in [0.4, 0.5) is 0 Å². The molecule has 0 bridgehead atoms. The molecule has 1 aromatic heterocycles. The number of fused-ring (bicyclic) bond motifs is 2. The zero-order valence-electron chi connectivity index (χ0n) is 12.7. The molecule has 0 saturated carbocycles. The Morgan fingerprint density at radius 1 is 1.14 bits per heavy atom. The molecule has 2 aliphatic heterocycles. The van der Waals surface area contributed by atoms with E-state index in [0.29, 0.717) is 0 Å². The summed E-state index contributed by atoms with van der Waals surface area (Å²) in [5.74, 6) is 1.66. The Morgan fingerprint density at radius 2 is 1.91 bits per heavy atom. The predicted octanol–water partition coefficient (Wildman–Crippen LogP) is 2.31. The Bertz CT molecular complexity index is 686. The molecule has 0 spiro atoms. The number of carbonyl (C=O) groups is 1. The summed E-state index contributed by atoms with van der Waals surface area (Å²) in [5, 5.41) is 4.51. The van der Waals surface area contributed by atoms with Gasteiger partial charge in [0.25, 0.3) is 5.91 Å². The minimum absolute atomic E-state index is 0.165. The molecule has 4 rings (SSSR count). The summed E-state index contributed by atoms with van der Waals surface area (Å²) >= 11 is 0. The Hall–Kier alpha value is -1.94. The van der Waals surface area contributed by atoms with Crippen molar-refractivity contribution in [1.29, 1.82) is 0 Å². The van der Waals surface area contributed by atoms with Crippen molar-refractivity contribution in [3.63, 3.8) is 0 Å². The maximum atomic E-state index is 12.8. The van der Waals surface area contributed by atoms with Crippen LogP contribution in [-0.2, 0) is 0 Å². The molecule has 114 valence electrons. The molecular weight excluding hydrogens is 274 g/mol. The third-order valence-electron chi connectivity index (χ3n) is 5.16. The van der Waals surface area contributed by atoms with Crippen molar-refractivity contribution in [2.45, 2.75) is 12.8 Å². The number of benzene rings is 1. The van der Waals surface area contributed by atoms with Crippen LogP contribution in [-0.4, -0.2) is 42.0 Å². The molecule has 1 aromatic carbocycles. The van der Waals surface area contributed by atoms with E-state index >= 15 is 0 Å². The van der Waals surface area contributed by atoms with E-state index in [-0.39, 0.29) is 5.91 Å². The highest BCUT2D eigenvalue weighted by Crippen LogP contribution is 2.28. The van der Waals surface area contributed by atoms with Gasteiger partial charge in [-0.3, -0.25) is 9.78 Å². The van der Waals surface area contributed by atoms with Crippen LogP contribution in [0.1, 0.15) is 23.2 Å². The topological polar surface area (TPSA) is 45.2 Å².